The summed E-state index contributed by atoms with van der Waals surface area (Å²) in [4.78, 5) is 15.5. The molecule has 0 spiro atoms. The minimum atomic E-state index is -0.609. The summed E-state index contributed by atoms with van der Waals surface area (Å²) in [5.41, 5.74) is 1.18. The van der Waals surface area contributed by atoms with E-state index in [1.807, 2.05) is 0 Å². The highest BCUT2D eigenvalue weighted by Gasteiger charge is 2.12. The zero-order valence-electron chi connectivity index (χ0n) is 12.2. The highest BCUT2D eigenvalue weighted by Crippen LogP contribution is 2.25. The van der Waals surface area contributed by atoms with Crippen LogP contribution in [0.3, 0.4) is 0 Å². The third kappa shape index (κ3) is 2.76. The number of nitriles is 2. The minimum absolute atomic E-state index is 0.0457. The molecule has 8 heteroatoms. The van der Waals surface area contributed by atoms with Crippen molar-refractivity contribution in [2.24, 2.45) is 0 Å². The summed E-state index contributed by atoms with van der Waals surface area (Å²) in [5, 5.41) is 23.9. The monoisotopic (exact) mass is 320 g/mol. The first kappa shape index (κ1) is 15.1. The first-order valence-corrected chi connectivity index (χ1v) is 6.84. The number of amides is 1. The number of nitrogens with zero attached hydrogens (tertiary/aromatic N) is 5. The van der Waals surface area contributed by atoms with Gasteiger partial charge in [-0.05, 0) is 18.2 Å². The van der Waals surface area contributed by atoms with Crippen molar-refractivity contribution in [2.45, 2.75) is 6.42 Å². The Morgan fingerprint density at radius 3 is 2.88 bits per heavy atom. The van der Waals surface area contributed by atoms with Crippen molar-refractivity contribution in [2.75, 3.05) is 5.32 Å². The number of hydrogen-bond donors (Lipinski definition) is 1. The van der Waals surface area contributed by atoms with E-state index in [0.717, 1.165) is 0 Å². The quantitative estimate of drug-likeness (QED) is 0.796. The van der Waals surface area contributed by atoms with E-state index in [1.165, 1.54) is 10.6 Å². The fourth-order valence-corrected chi connectivity index (χ4v) is 2.18. The van der Waals surface area contributed by atoms with E-state index in [2.05, 4.69) is 15.4 Å². The fourth-order valence-electron chi connectivity index (χ4n) is 2.18. The Morgan fingerprint density at radius 2 is 2.12 bits per heavy atom. The molecule has 0 saturated carbocycles. The smallest absolute Gasteiger partial charge is 0.249 e. The zero-order valence-corrected chi connectivity index (χ0v) is 12.2. The molecule has 0 aliphatic carbocycles. The molecule has 7 nitrogen and oxygen atoms in total. The Morgan fingerprint density at radius 1 is 1.29 bits per heavy atom. The number of hydrogen-bond acceptors (Lipinski definition) is 5. The third-order valence-electron chi connectivity index (χ3n) is 3.25. The summed E-state index contributed by atoms with van der Waals surface area (Å²) in [6.45, 7) is 0. The summed E-state index contributed by atoms with van der Waals surface area (Å²) < 4.78 is 15.7. The van der Waals surface area contributed by atoms with E-state index < -0.39 is 11.7 Å². The van der Waals surface area contributed by atoms with Gasteiger partial charge in [0.1, 0.15) is 18.3 Å². The fraction of sp³-hybridized carbons (Fsp3) is 0.0625. The third-order valence-corrected chi connectivity index (χ3v) is 3.25. The van der Waals surface area contributed by atoms with Crippen LogP contribution in [0.25, 0.3) is 16.8 Å². The van der Waals surface area contributed by atoms with Gasteiger partial charge < -0.3 is 0 Å². The van der Waals surface area contributed by atoms with Gasteiger partial charge >= 0.3 is 0 Å². The molecule has 3 aromatic rings. The molecule has 0 unspecified atom stereocenters. The molecule has 116 valence electrons. The average molecular weight is 320 g/mol. The van der Waals surface area contributed by atoms with E-state index >= 15 is 0 Å². The number of carbonyl (C=O) groups is 1. The van der Waals surface area contributed by atoms with Crippen LogP contribution in [0.2, 0.25) is 0 Å². The predicted molar refractivity (Wildman–Crippen MR) is 82.0 cm³/mol. The van der Waals surface area contributed by atoms with E-state index in [1.54, 1.807) is 42.6 Å². The van der Waals surface area contributed by atoms with Gasteiger partial charge in [-0.15, -0.1) is 5.10 Å². The van der Waals surface area contributed by atoms with Crippen LogP contribution in [0, 0.1) is 28.5 Å². The Balaban J connectivity index is 1.99. The SMILES string of the molecule is N#CCC(=O)Nc1nc2ccc(-c3cccc(C#N)c3F)cn2n1. The zero-order chi connectivity index (χ0) is 17.1. The second-order valence-electron chi connectivity index (χ2n) is 4.82. The van der Waals surface area contributed by atoms with Crippen LogP contribution in [0.1, 0.15) is 12.0 Å². The van der Waals surface area contributed by atoms with Crippen molar-refractivity contribution < 1.29 is 9.18 Å². The van der Waals surface area contributed by atoms with Gasteiger partial charge in [0.15, 0.2) is 5.65 Å². The number of benzene rings is 1. The van der Waals surface area contributed by atoms with Gasteiger partial charge in [0.25, 0.3) is 0 Å². The number of aromatic nitrogens is 3. The number of nitrogens with one attached hydrogen (secondary N) is 1. The first-order valence-electron chi connectivity index (χ1n) is 6.84. The Labute approximate surface area is 135 Å². The van der Waals surface area contributed by atoms with Crippen LogP contribution in [0.4, 0.5) is 10.3 Å². The second kappa shape index (κ2) is 6.15. The van der Waals surface area contributed by atoms with Gasteiger partial charge in [0.2, 0.25) is 11.9 Å². The van der Waals surface area contributed by atoms with Gasteiger partial charge in [-0.3, -0.25) is 10.1 Å². The average Bonchev–Trinajstić information content (AvgIpc) is 2.96. The number of halogens is 1. The van der Waals surface area contributed by atoms with Crippen LogP contribution < -0.4 is 5.32 Å². The van der Waals surface area contributed by atoms with Crippen molar-refractivity contribution >= 4 is 17.5 Å². The topological polar surface area (TPSA) is 107 Å². The van der Waals surface area contributed by atoms with Gasteiger partial charge in [0, 0.05) is 17.3 Å². The molecule has 1 amide bonds. The molecule has 2 heterocycles. The van der Waals surface area contributed by atoms with Crippen LogP contribution in [0.15, 0.2) is 36.5 Å². The van der Waals surface area contributed by atoms with E-state index in [0.29, 0.717) is 11.2 Å². The molecule has 3 rings (SSSR count). The summed E-state index contributed by atoms with van der Waals surface area (Å²) >= 11 is 0. The Hall–Kier alpha value is -3.78. The molecular formula is C16H9FN6O. The number of pyridine rings is 1. The molecule has 0 bridgehead atoms. The van der Waals surface area contributed by atoms with Gasteiger partial charge in [-0.2, -0.15) is 15.5 Å². The largest absolute Gasteiger partial charge is 0.292 e. The lowest BCUT2D eigenvalue weighted by Crippen LogP contribution is -2.11. The first-order chi connectivity index (χ1) is 11.6. The predicted octanol–water partition coefficient (Wildman–Crippen LogP) is 2.26. The van der Waals surface area contributed by atoms with E-state index in [9.17, 15) is 9.18 Å². The maximum absolute atomic E-state index is 14.3. The van der Waals surface area contributed by atoms with Crippen LogP contribution in [-0.4, -0.2) is 20.5 Å². The van der Waals surface area contributed by atoms with Crippen molar-refractivity contribution in [3.8, 4) is 23.3 Å². The molecule has 1 aromatic carbocycles. The summed E-state index contributed by atoms with van der Waals surface area (Å²) in [5.74, 6) is -1.07. The minimum Gasteiger partial charge on any atom is -0.292 e. The van der Waals surface area contributed by atoms with Gasteiger partial charge in [-0.1, -0.05) is 12.1 Å². The summed E-state index contributed by atoms with van der Waals surface area (Å²) in [6.07, 6.45) is 1.24. The molecule has 1 N–H and O–H groups in total. The lowest BCUT2D eigenvalue weighted by atomic mass is 10.0. The van der Waals surface area contributed by atoms with Gasteiger partial charge in [0.05, 0.1) is 11.6 Å². The normalized spacial score (nSPS) is 10.1. The van der Waals surface area contributed by atoms with Crippen LogP contribution >= 0.6 is 0 Å². The summed E-state index contributed by atoms with van der Waals surface area (Å²) in [6, 6.07) is 11.3. The summed E-state index contributed by atoms with van der Waals surface area (Å²) in [7, 11) is 0. The van der Waals surface area contributed by atoms with Crippen molar-refractivity contribution in [1.29, 1.82) is 10.5 Å². The molecule has 0 aliphatic rings. The number of carbonyl (C=O) groups excluding carboxylic acids is 1. The molecule has 0 fully saturated rings. The number of anilines is 1. The highest BCUT2D eigenvalue weighted by atomic mass is 19.1. The van der Waals surface area contributed by atoms with Crippen molar-refractivity contribution in [3.05, 3.63) is 47.9 Å². The highest BCUT2D eigenvalue weighted by molar-refractivity contribution is 5.90. The molecular weight excluding hydrogens is 311 g/mol. The lowest BCUT2D eigenvalue weighted by molar-refractivity contribution is -0.115. The van der Waals surface area contributed by atoms with E-state index in [-0.39, 0.29) is 23.5 Å². The number of rotatable bonds is 3. The molecule has 0 aliphatic heterocycles. The standard InChI is InChI=1S/C16H9FN6O/c17-15-10(8-19)2-1-3-12(15)11-4-5-13-20-16(22-23(13)9-11)21-14(24)6-7-18/h1-5,9H,6H2,(H,21,22,24). The Bertz CT molecular complexity index is 1030. The van der Waals surface area contributed by atoms with Crippen molar-refractivity contribution in [1.82, 2.24) is 14.6 Å². The maximum atomic E-state index is 14.3. The van der Waals surface area contributed by atoms with E-state index in [4.69, 9.17) is 10.5 Å². The van der Waals surface area contributed by atoms with Crippen molar-refractivity contribution in [3.63, 3.8) is 0 Å². The number of fused-ring (bicyclic) bond motifs is 1. The molecule has 24 heavy (non-hydrogen) atoms. The lowest BCUT2D eigenvalue weighted by Gasteiger charge is -2.04. The maximum Gasteiger partial charge on any atom is 0.249 e. The van der Waals surface area contributed by atoms with Crippen LogP contribution in [-0.2, 0) is 4.79 Å². The molecule has 0 radical (unpaired) electrons. The Kier molecular flexibility index (Phi) is 3.87. The van der Waals surface area contributed by atoms with Gasteiger partial charge in [-0.25, -0.2) is 8.91 Å². The molecule has 0 atom stereocenters. The second-order valence-corrected chi connectivity index (χ2v) is 4.82. The molecule has 2 aromatic heterocycles. The van der Waals surface area contributed by atoms with Crippen LogP contribution in [0.5, 0.6) is 0 Å². The molecule has 0 saturated heterocycles.